The highest BCUT2D eigenvalue weighted by atomic mass is 19.4. The largest absolute Gasteiger partial charge is 0.573 e. The maximum absolute atomic E-state index is 12.8. The van der Waals surface area contributed by atoms with Crippen LogP contribution in [0.25, 0.3) is 0 Å². The number of ether oxygens (including phenoxy) is 3. The number of piperidine rings is 1. The highest BCUT2D eigenvalue weighted by Gasteiger charge is 2.36. The van der Waals surface area contributed by atoms with Gasteiger partial charge in [-0.3, -0.25) is 0 Å². The number of morpholine rings is 1. The lowest BCUT2D eigenvalue weighted by Crippen LogP contribution is -2.54. The lowest BCUT2D eigenvalue weighted by molar-refractivity contribution is -0.274. The molecule has 2 atom stereocenters. The molecule has 2 fully saturated rings. The van der Waals surface area contributed by atoms with Gasteiger partial charge < -0.3 is 29.1 Å². The first-order valence-corrected chi connectivity index (χ1v) is 9.08. The first-order valence-electron chi connectivity index (χ1n) is 9.08. The summed E-state index contributed by atoms with van der Waals surface area (Å²) in [5, 5.41) is 8.97. The second kappa shape index (κ2) is 8.76. The molecule has 1 aromatic rings. The fourth-order valence-electron chi connectivity index (χ4n) is 3.60. The molecule has 3 rings (SSSR count). The Morgan fingerprint density at radius 2 is 1.86 bits per heavy atom. The molecule has 29 heavy (non-hydrogen) atoms. The molecular formula is C18H21F3N2O6. The standard InChI is InChI=1S/C18H21F3N2O6/c19-18(20,21)29-14-3-1-2-12(8-14)13-9-15(28-17(25)26)11-23(10-13)16(24)22-4-6-27-7-5-22/h1-3,8,13,15H,4-7,9-11H2,(H,25,26). The van der Waals surface area contributed by atoms with Gasteiger partial charge in [0, 0.05) is 25.6 Å². The van der Waals surface area contributed by atoms with Crippen LogP contribution in [0, 0.1) is 0 Å². The van der Waals surface area contributed by atoms with Gasteiger partial charge in [-0.2, -0.15) is 0 Å². The summed E-state index contributed by atoms with van der Waals surface area (Å²) in [5.41, 5.74) is 0.505. The van der Waals surface area contributed by atoms with Gasteiger partial charge >= 0.3 is 18.5 Å². The third-order valence-electron chi connectivity index (χ3n) is 4.79. The summed E-state index contributed by atoms with van der Waals surface area (Å²) >= 11 is 0. The quantitative estimate of drug-likeness (QED) is 0.760. The normalized spacial score (nSPS) is 22.9. The number of nitrogens with zero attached hydrogens (tertiary/aromatic N) is 2. The van der Waals surface area contributed by atoms with Crippen molar-refractivity contribution < 1.29 is 42.1 Å². The molecule has 160 valence electrons. The van der Waals surface area contributed by atoms with Crippen LogP contribution in [0.5, 0.6) is 5.75 Å². The van der Waals surface area contributed by atoms with Crippen LogP contribution in [0.3, 0.4) is 0 Å². The van der Waals surface area contributed by atoms with E-state index in [-0.39, 0.29) is 31.3 Å². The smallest absolute Gasteiger partial charge is 0.450 e. The minimum absolute atomic E-state index is 0.0811. The highest BCUT2D eigenvalue weighted by molar-refractivity contribution is 5.75. The molecule has 2 unspecified atom stereocenters. The number of carboxylic acid groups (broad SMARTS) is 1. The summed E-state index contributed by atoms with van der Waals surface area (Å²) in [7, 11) is 0. The number of rotatable bonds is 3. The molecule has 2 heterocycles. The third kappa shape index (κ3) is 5.89. The van der Waals surface area contributed by atoms with Gasteiger partial charge in [0.05, 0.1) is 19.8 Å². The van der Waals surface area contributed by atoms with Crippen LogP contribution in [0.1, 0.15) is 17.9 Å². The minimum atomic E-state index is -4.82. The second-order valence-corrected chi connectivity index (χ2v) is 6.85. The molecule has 0 radical (unpaired) electrons. The van der Waals surface area contributed by atoms with E-state index in [1.165, 1.54) is 23.1 Å². The Balaban J connectivity index is 1.78. The zero-order chi connectivity index (χ0) is 21.0. The second-order valence-electron chi connectivity index (χ2n) is 6.85. The number of hydrogen-bond acceptors (Lipinski definition) is 5. The Morgan fingerprint density at radius 1 is 1.14 bits per heavy atom. The van der Waals surface area contributed by atoms with E-state index in [0.29, 0.717) is 31.9 Å². The molecule has 0 saturated carbocycles. The highest BCUT2D eigenvalue weighted by Crippen LogP contribution is 2.32. The summed E-state index contributed by atoms with van der Waals surface area (Å²) in [6.45, 7) is 1.96. The van der Waals surface area contributed by atoms with E-state index < -0.39 is 24.5 Å². The molecule has 1 aromatic carbocycles. The van der Waals surface area contributed by atoms with Crippen molar-refractivity contribution in [3.63, 3.8) is 0 Å². The molecule has 2 amide bonds. The molecule has 0 spiro atoms. The van der Waals surface area contributed by atoms with Crippen LogP contribution in [0.2, 0.25) is 0 Å². The zero-order valence-corrected chi connectivity index (χ0v) is 15.4. The number of urea groups is 1. The van der Waals surface area contributed by atoms with Crippen molar-refractivity contribution in [1.29, 1.82) is 0 Å². The monoisotopic (exact) mass is 418 g/mol. The van der Waals surface area contributed by atoms with E-state index in [4.69, 9.17) is 14.6 Å². The van der Waals surface area contributed by atoms with Gasteiger partial charge in [-0.15, -0.1) is 13.2 Å². The maximum Gasteiger partial charge on any atom is 0.573 e. The van der Waals surface area contributed by atoms with Crippen LogP contribution in [0.15, 0.2) is 24.3 Å². The van der Waals surface area contributed by atoms with Crippen molar-refractivity contribution in [3.8, 4) is 5.75 Å². The van der Waals surface area contributed by atoms with Crippen molar-refractivity contribution in [2.45, 2.75) is 24.8 Å². The molecule has 1 N–H and O–H groups in total. The Bertz CT molecular complexity index is 739. The number of alkyl halides is 3. The van der Waals surface area contributed by atoms with E-state index in [2.05, 4.69) is 4.74 Å². The summed E-state index contributed by atoms with van der Waals surface area (Å²) in [4.78, 5) is 26.9. The topological polar surface area (TPSA) is 88.5 Å². The molecule has 8 nitrogen and oxygen atoms in total. The fourth-order valence-corrected chi connectivity index (χ4v) is 3.60. The number of carbonyl (C=O) groups is 2. The number of hydrogen-bond donors (Lipinski definition) is 1. The Hall–Kier alpha value is -2.69. The van der Waals surface area contributed by atoms with Gasteiger partial charge in [0.2, 0.25) is 0 Å². The molecular weight excluding hydrogens is 397 g/mol. The summed E-state index contributed by atoms with van der Waals surface area (Å²) in [6, 6.07) is 5.20. The number of likely N-dealkylation sites (tertiary alicyclic amines) is 1. The number of halogens is 3. The van der Waals surface area contributed by atoms with Crippen LogP contribution >= 0.6 is 0 Å². The van der Waals surface area contributed by atoms with E-state index in [0.717, 1.165) is 0 Å². The van der Waals surface area contributed by atoms with E-state index in [9.17, 15) is 22.8 Å². The molecule has 0 aliphatic carbocycles. The Labute approximate surface area is 164 Å². The first-order chi connectivity index (χ1) is 13.7. The van der Waals surface area contributed by atoms with E-state index in [1.807, 2.05) is 0 Å². The van der Waals surface area contributed by atoms with E-state index >= 15 is 0 Å². The van der Waals surface area contributed by atoms with Gasteiger partial charge in [-0.25, -0.2) is 9.59 Å². The average molecular weight is 418 g/mol. The molecule has 11 heteroatoms. The molecule has 0 bridgehead atoms. The predicted molar refractivity (Wildman–Crippen MR) is 92.7 cm³/mol. The predicted octanol–water partition coefficient (Wildman–Crippen LogP) is 2.89. The molecule has 2 saturated heterocycles. The summed E-state index contributed by atoms with van der Waals surface area (Å²) in [5.74, 6) is -0.780. The van der Waals surface area contributed by atoms with Crippen molar-refractivity contribution in [2.24, 2.45) is 0 Å². The Morgan fingerprint density at radius 3 is 2.52 bits per heavy atom. The van der Waals surface area contributed by atoms with Gasteiger partial charge in [0.25, 0.3) is 0 Å². The van der Waals surface area contributed by atoms with Crippen molar-refractivity contribution in [2.75, 3.05) is 39.4 Å². The van der Waals surface area contributed by atoms with Crippen molar-refractivity contribution in [1.82, 2.24) is 9.80 Å². The van der Waals surface area contributed by atoms with Gasteiger partial charge in [-0.1, -0.05) is 12.1 Å². The van der Waals surface area contributed by atoms with Gasteiger partial charge in [-0.05, 0) is 24.1 Å². The molecule has 0 aromatic heterocycles. The lowest BCUT2D eigenvalue weighted by Gasteiger charge is -2.40. The SMILES string of the molecule is O=C(O)OC1CC(c2cccc(OC(F)(F)F)c2)CN(C(=O)N2CCOCC2)C1. The van der Waals surface area contributed by atoms with E-state index in [1.54, 1.807) is 11.0 Å². The van der Waals surface area contributed by atoms with Gasteiger partial charge in [0.15, 0.2) is 0 Å². The van der Waals surface area contributed by atoms with Crippen LogP contribution < -0.4 is 4.74 Å². The van der Waals surface area contributed by atoms with Crippen LogP contribution in [-0.4, -0.2) is 79.0 Å². The maximum atomic E-state index is 12.8. The number of carbonyl (C=O) groups excluding carboxylic acids is 1. The fraction of sp³-hybridized carbons (Fsp3) is 0.556. The summed E-state index contributed by atoms with van der Waals surface area (Å²) in [6.07, 6.45) is -6.83. The van der Waals surface area contributed by atoms with Crippen molar-refractivity contribution >= 4 is 12.2 Å². The summed E-state index contributed by atoms with van der Waals surface area (Å²) < 4.78 is 51.6. The Kier molecular flexibility index (Phi) is 6.36. The average Bonchev–Trinajstić information content (AvgIpc) is 2.66. The zero-order valence-electron chi connectivity index (χ0n) is 15.4. The van der Waals surface area contributed by atoms with Crippen molar-refractivity contribution in [3.05, 3.63) is 29.8 Å². The third-order valence-corrected chi connectivity index (χ3v) is 4.79. The number of benzene rings is 1. The number of amides is 2. The van der Waals surface area contributed by atoms with Crippen LogP contribution in [-0.2, 0) is 9.47 Å². The lowest BCUT2D eigenvalue weighted by atomic mass is 9.89. The van der Waals surface area contributed by atoms with Gasteiger partial charge in [0.1, 0.15) is 11.9 Å². The molecule has 2 aliphatic rings. The molecule has 2 aliphatic heterocycles. The minimum Gasteiger partial charge on any atom is -0.450 e. The first kappa shape index (κ1) is 21.0. The van der Waals surface area contributed by atoms with Crippen LogP contribution in [0.4, 0.5) is 22.8 Å².